The molecule has 7 heteroatoms. The van der Waals surface area contributed by atoms with Crippen molar-refractivity contribution in [3.8, 4) is 0 Å². The summed E-state index contributed by atoms with van der Waals surface area (Å²) in [6.45, 7) is 0.833. The van der Waals surface area contributed by atoms with Crippen LogP contribution in [0.3, 0.4) is 0 Å². The first-order chi connectivity index (χ1) is 14.5. The normalized spacial score (nSPS) is 28.9. The van der Waals surface area contributed by atoms with Gasteiger partial charge in [0.15, 0.2) is 0 Å². The highest BCUT2D eigenvalue weighted by molar-refractivity contribution is 6.03. The van der Waals surface area contributed by atoms with Gasteiger partial charge in [-0.25, -0.2) is 0 Å². The summed E-state index contributed by atoms with van der Waals surface area (Å²) in [5.41, 5.74) is 1.04. The Kier molecular flexibility index (Phi) is 4.52. The maximum Gasteiger partial charge on any atom is 0.234 e. The number of benzene rings is 1. The number of anilines is 1. The number of ether oxygens (including phenoxy) is 1. The van der Waals surface area contributed by atoms with Crippen LogP contribution in [0, 0.1) is 11.8 Å². The van der Waals surface area contributed by atoms with E-state index >= 15 is 0 Å². The minimum absolute atomic E-state index is 0.0819. The molecule has 2 fully saturated rings. The van der Waals surface area contributed by atoms with Crippen LogP contribution in [0.1, 0.15) is 11.3 Å². The summed E-state index contributed by atoms with van der Waals surface area (Å²) < 4.78 is 11.6. The molecule has 4 atom stereocenters. The Balaban J connectivity index is 1.39. The molecule has 2 amide bonds. The number of hydrogen-bond acceptors (Lipinski definition) is 5. The summed E-state index contributed by atoms with van der Waals surface area (Å²) in [7, 11) is 1.73. The van der Waals surface area contributed by atoms with Crippen molar-refractivity contribution in [2.75, 3.05) is 25.1 Å². The predicted molar refractivity (Wildman–Crippen MR) is 108 cm³/mol. The van der Waals surface area contributed by atoms with Gasteiger partial charge in [-0.3, -0.25) is 9.59 Å². The van der Waals surface area contributed by atoms with Gasteiger partial charge in [-0.15, -0.1) is 0 Å². The van der Waals surface area contributed by atoms with Gasteiger partial charge in [-0.2, -0.15) is 0 Å². The van der Waals surface area contributed by atoms with E-state index < -0.39 is 17.4 Å². The monoisotopic (exact) mass is 408 g/mol. The molecule has 0 unspecified atom stereocenters. The zero-order chi connectivity index (χ0) is 20.9. The third-order valence-electron chi connectivity index (χ3n) is 6.38. The molecule has 4 heterocycles. The Morgan fingerprint density at radius 3 is 2.80 bits per heavy atom. The number of aliphatic hydroxyl groups excluding tert-OH is 1. The molecule has 0 radical (unpaired) electrons. The maximum atomic E-state index is 13.4. The maximum absolute atomic E-state index is 13.4. The molecule has 3 aliphatic rings. The number of nitrogens with zero attached hydrogens (tertiary/aromatic N) is 2. The second-order valence-electron chi connectivity index (χ2n) is 8.24. The van der Waals surface area contributed by atoms with E-state index in [-0.39, 0.29) is 24.5 Å². The van der Waals surface area contributed by atoms with Crippen LogP contribution in [0.2, 0.25) is 0 Å². The van der Waals surface area contributed by atoms with Crippen molar-refractivity contribution in [1.29, 1.82) is 0 Å². The molecule has 0 saturated carbocycles. The molecule has 1 N–H and O–H groups in total. The highest BCUT2D eigenvalue weighted by Gasteiger charge is 2.67. The quantitative estimate of drug-likeness (QED) is 0.737. The summed E-state index contributed by atoms with van der Waals surface area (Å²) in [5, 5.41) is 9.10. The molecule has 2 bridgehead atoms. The lowest BCUT2D eigenvalue weighted by Crippen LogP contribution is -2.44. The highest BCUT2D eigenvalue weighted by atomic mass is 16.5. The lowest BCUT2D eigenvalue weighted by atomic mass is 9.76. The number of amides is 2. The van der Waals surface area contributed by atoms with E-state index in [1.807, 2.05) is 42.5 Å². The summed E-state index contributed by atoms with van der Waals surface area (Å²) in [6, 6.07) is 11.2. The first-order valence-corrected chi connectivity index (χ1v) is 10.2. The number of aliphatic hydroxyl groups is 1. The largest absolute Gasteiger partial charge is 0.467 e. The molecule has 1 spiro atoms. The molecule has 30 heavy (non-hydrogen) atoms. The zero-order valence-electron chi connectivity index (χ0n) is 16.7. The second-order valence-corrected chi connectivity index (χ2v) is 8.24. The van der Waals surface area contributed by atoms with Crippen molar-refractivity contribution < 1.29 is 23.8 Å². The fourth-order valence-corrected chi connectivity index (χ4v) is 4.94. The van der Waals surface area contributed by atoms with E-state index in [1.54, 1.807) is 29.2 Å². The predicted octanol–water partition coefficient (Wildman–Crippen LogP) is 1.76. The van der Waals surface area contributed by atoms with Gasteiger partial charge in [0.1, 0.15) is 11.4 Å². The summed E-state index contributed by atoms with van der Waals surface area (Å²) in [5.74, 6) is -0.567. The van der Waals surface area contributed by atoms with Crippen LogP contribution in [0.15, 0.2) is 59.2 Å². The van der Waals surface area contributed by atoms with Gasteiger partial charge in [-0.1, -0.05) is 24.3 Å². The van der Waals surface area contributed by atoms with Gasteiger partial charge >= 0.3 is 0 Å². The third-order valence-corrected chi connectivity index (χ3v) is 6.38. The molecule has 0 aliphatic carbocycles. The fraction of sp³-hybridized carbons (Fsp3) is 0.391. The third kappa shape index (κ3) is 2.88. The van der Waals surface area contributed by atoms with E-state index in [0.29, 0.717) is 25.3 Å². The molecule has 2 saturated heterocycles. The lowest BCUT2D eigenvalue weighted by molar-refractivity contribution is -0.139. The fourth-order valence-electron chi connectivity index (χ4n) is 4.94. The first-order valence-electron chi connectivity index (χ1n) is 10.2. The summed E-state index contributed by atoms with van der Waals surface area (Å²) >= 11 is 0. The van der Waals surface area contributed by atoms with Crippen LogP contribution < -0.4 is 4.90 Å². The van der Waals surface area contributed by atoms with Crippen molar-refractivity contribution >= 4 is 17.5 Å². The van der Waals surface area contributed by atoms with Gasteiger partial charge in [0.2, 0.25) is 11.8 Å². The van der Waals surface area contributed by atoms with E-state index in [1.165, 1.54) is 0 Å². The Bertz CT molecular complexity index is 984. The first kappa shape index (κ1) is 19.1. The van der Waals surface area contributed by atoms with Crippen molar-refractivity contribution in [2.45, 2.75) is 24.7 Å². The summed E-state index contributed by atoms with van der Waals surface area (Å²) in [4.78, 5) is 30.0. The van der Waals surface area contributed by atoms with Crippen molar-refractivity contribution in [1.82, 2.24) is 4.90 Å². The van der Waals surface area contributed by atoms with E-state index in [4.69, 9.17) is 14.3 Å². The standard InChI is InChI=1S/C23H24N2O5/c1-24(13-17-3-2-12-29-17)21(27)19-18-8-10-23(30-18)14-25(22(28)20(19)23)16-6-4-15(5-7-16)9-11-26/h2-8,10,12,18-20,26H,9,11,13-14H2,1H3/t18-,19+,20+,23-/m0/s1. The topological polar surface area (TPSA) is 83.2 Å². The SMILES string of the molecule is CN(Cc1ccco1)C(=O)[C@@H]1[C@@H]2C=C[C@@]3(CN(c4ccc(CCO)cc4)C(=O)[C@@H]13)O2. The van der Waals surface area contributed by atoms with Crippen LogP contribution in [-0.2, 0) is 27.3 Å². The van der Waals surface area contributed by atoms with Gasteiger partial charge in [-0.05, 0) is 36.2 Å². The number of fused-ring (bicyclic) bond motifs is 1. The van der Waals surface area contributed by atoms with Gasteiger partial charge in [0.25, 0.3) is 0 Å². The van der Waals surface area contributed by atoms with E-state index in [0.717, 1.165) is 11.3 Å². The number of rotatable bonds is 6. The van der Waals surface area contributed by atoms with Crippen LogP contribution >= 0.6 is 0 Å². The zero-order valence-corrected chi connectivity index (χ0v) is 16.7. The van der Waals surface area contributed by atoms with E-state index in [9.17, 15) is 9.59 Å². The Morgan fingerprint density at radius 2 is 2.10 bits per heavy atom. The number of hydrogen-bond donors (Lipinski definition) is 1. The molecular weight excluding hydrogens is 384 g/mol. The minimum atomic E-state index is -0.753. The molecule has 2 aromatic rings. The average molecular weight is 408 g/mol. The molecule has 3 aliphatic heterocycles. The van der Waals surface area contributed by atoms with E-state index in [2.05, 4.69) is 0 Å². The van der Waals surface area contributed by atoms with Crippen molar-refractivity contribution in [3.63, 3.8) is 0 Å². The van der Waals surface area contributed by atoms with Crippen molar-refractivity contribution in [3.05, 3.63) is 66.1 Å². The van der Waals surface area contributed by atoms with Crippen LogP contribution in [0.4, 0.5) is 5.69 Å². The molecular formula is C23H24N2O5. The smallest absolute Gasteiger partial charge is 0.234 e. The second kappa shape index (κ2) is 7.11. The molecule has 7 nitrogen and oxygen atoms in total. The van der Waals surface area contributed by atoms with Crippen LogP contribution in [0.25, 0.3) is 0 Å². The summed E-state index contributed by atoms with van der Waals surface area (Å²) in [6.07, 6.45) is 5.65. The number of carbonyl (C=O) groups excluding carboxylic acids is 2. The van der Waals surface area contributed by atoms with Crippen LogP contribution in [-0.4, -0.2) is 53.7 Å². The number of furan rings is 1. The Hall–Kier alpha value is -2.90. The van der Waals surface area contributed by atoms with Crippen molar-refractivity contribution in [2.24, 2.45) is 11.8 Å². The Labute approximate surface area is 174 Å². The Morgan fingerprint density at radius 1 is 1.30 bits per heavy atom. The van der Waals surface area contributed by atoms with Gasteiger partial charge in [0, 0.05) is 19.3 Å². The lowest BCUT2D eigenvalue weighted by Gasteiger charge is -2.27. The highest BCUT2D eigenvalue weighted by Crippen LogP contribution is 2.53. The molecule has 1 aromatic heterocycles. The van der Waals surface area contributed by atoms with Gasteiger partial charge < -0.3 is 24.1 Å². The minimum Gasteiger partial charge on any atom is -0.467 e. The average Bonchev–Trinajstić information content (AvgIpc) is 3.51. The molecule has 156 valence electrons. The number of carbonyl (C=O) groups is 2. The van der Waals surface area contributed by atoms with Gasteiger partial charge in [0.05, 0.1) is 37.3 Å². The molecule has 1 aromatic carbocycles. The van der Waals surface area contributed by atoms with Crippen LogP contribution in [0.5, 0.6) is 0 Å². The molecule has 5 rings (SSSR count).